The molecule has 2 aromatic rings. The Morgan fingerprint density at radius 2 is 2.23 bits per heavy atom. The van der Waals surface area contributed by atoms with Gasteiger partial charge in [-0.05, 0) is 12.1 Å². The molecule has 13 heavy (non-hydrogen) atoms. The van der Waals surface area contributed by atoms with Gasteiger partial charge >= 0.3 is 0 Å². The van der Waals surface area contributed by atoms with Crippen molar-refractivity contribution in [2.45, 2.75) is 6.42 Å². The van der Waals surface area contributed by atoms with Crippen molar-refractivity contribution in [3.63, 3.8) is 0 Å². The summed E-state index contributed by atoms with van der Waals surface area (Å²) in [5.74, 6) is 0.152. The molecular formula is C9H9NO3. The molecule has 0 saturated carbocycles. The Hall–Kier alpha value is -1.55. The molecule has 0 aliphatic heterocycles. The van der Waals surface area contributed by atoms with Crippen molar-refractivity contribution in [1.29, 1.82) is 0 Å². The Morgan fingerprint density at radius 3 is 3.00 bits per heavy atom. The van der Waals surface area contributed by atoms with Gasteiger partial charge in [0.1, 0.15) is 5.75 Å². The zero-order valence-corrected chi connectivity index (χ0v) is 6.90. The van der Waals surface area contributed by atoms with Crippen LogP contribution in [-0.4, -0.2) is 22.0 Å². The van der Waals surface area contributed by atoms with E-state index in [4.69, 9.17) is 14.7 Å². The van der Waals surface area contributed by atoms with Gasteiger partial charge in [-0.3, -0.25) is 0 Å². The summed E-state index contributed by atoms with van der Waals surface area (Å²) in [6.45, 7) is 0.0442. The molecule has 1 aromatic heterocycles. The number of hydrogen-bond donors (Lipinski definition) is 2. The Bertz CT molecular complexity index is 422. The molecule has 0 fully saturated rings. The summed E-state index contributed by atoms with van der Waals surface area (Å²) in [4.78, 5) is 0. The zero-order chi connectivity index (χ0) is 9.26. The maximum atomic E-state index is 9.13. The Labute approximate surface area is 74.4 Å². The maximum absolute atomic E-state index is 9.13. The smallest absolute Gasteiger partial charge is 0.170 e. The van der Waals surface area contributed by atoms with Crippen molar-refractivity contribution in [2.75, 3.05) is 6.61 Å². The van der Waals surface area contributed by atoms with E-state index in [1.807, 2.05) is 0 Å². The van der Waals surface area contributed by atoms with E-state index < -0.39 is 0 Å². The Balaban J connectivity index is 2.55. The lowest BCUT2D eigenvalue weighted by Crippen LogP contribution is -1.90. The predicted octanol–water partition coefficient (Wildman–Crippen LogP) is 1.07. The minimum Gasteiger partial charge on any atom is -0.508 e. The van der Waals surface area contributed by atoms with E-state index in [1.54, 1.807) is 12.1 Å². The summed E-state index contributed by atoms with van der Waals surface area (Å²) >= 11 is 0. The third-order valence-electron chi connectivity index (χ3n) is 1.88. The minimum absolute atomic E-state index is 0.0442. The monoisotopic (exact) mass is 179 g/mol. The van der Waals surface area contributed by atoms with Gasteiger partial charge in [0.2, 0.25) is 0 Å². The molecule has 0 atom stereocenters. The fourth-order valence-corrected chi connectivity index (χ4v) is 1.26. The van der Waals surface area contributed by atoms with Crippen LogP contribution >= 0.6 is 0 Å². The van der Waals surface area contributed by atoms with Gasteiger partial charge in [-0.2, -0.15) is 0 Å². The van der Waals surface area contributed by atoms with Crippen LogP contribution < -0.4 is 0 Å². The van der Waals surface area contributed by atoms with Gasteiger partial charge in [0.25, 0.3) is 0 Å². The molecule has 1 aromatic carbocycles. The number of hydrogen-bond acceptors (Lipinski definition) is 4. The molecule has 4 nitrogen and oxygen atoms in total. The maximum Gasteiger partial charge on any atom is 0.170 e. The highest BCUT2D eigenvalue weighted by Crippen LogP contribution is 2.22. The van der Waals surface area contributed by atoms with Crippen LogP contribution in [0.1, 0.15) is 5.69 Å². The Morgan fingerprint density at radius 1 is 1.38 bits per heavy atom. The van der Waals surface area contributed by atoms with Crippen LogP contribution in [0, 0.1) is 0 Å². The number of aliphatic hydroxyl groups excluding tert-OH is 1. The van der Waals surface area contributed by atoms with E-state index in [0.717, 1.165) is 11.1 Å². The van der Waals surface area contributed by atoms with Gasteiger partial charge in [-0.1, -0.05) is 5.16 Å². The van der Waals surface area contributed by atoms with Crippen molar-refractivity contribution in [3.05, 3.63) is 23.9 Å². The van der Waals surface area contributed by atoms with Crippen LogP contribution in [0.2, 0.25) is 0 Å². The van der Waals surface area contributed by atoms with Crippen LogP contribution in [0.5, 0.6) is 5.75 Å². The second-order valence-electron chi connectivity index (χ2n) is 2.78. The molecule has 0 unspecified atom stereocenters. The van der Waals surface area contributed by atoms with Crippen LogP contribution in [0.3, 0.4) is 0 Å². The lowest BCUT2D eigenvalue weighted by molar-refractivity contribution is 0.295. The van der Waals surface area contributed by atoms with Crippen LogP contribution in [0.25, 0.3) is 11.0 Å². The average Bonchev–Trinajstić information content (AvgIpc) is 2.49. The minimum atomic E-state index is 0.0442. The van der Waals surface area contributed by atoms with Crippen LogP contribution in [0.4, 0.5) is 0 Å². The highest BCUT2D eigenvalue weighted by molar-refractivity contribution is 5.80. The lowest BCUT2D eigenvalue weighted by Gasteiger charge is -1.91. The molecule has 0 radical (unpaired) electrons. The van der Waals surface area contributed by atoms with Crippen molar-refractivity contribution in [2.24, 2.45) is 0 Å². The lowest BCUT2D eigenvalue weighted by atomic mass is 10.2. The van der Waals surface area contributed by atoms with Crippen molar-refractivity contribution >= 4 is 11.0 Å². The summed E-state index contributed by atoms with van der Waals surface area (Å²) in [5, 5.41) is 22.5. The summed E-state index contributed by atoms with van der Waals surface area (Å²) in [5.41, 5.74) is 1.26. The fourth-order valence-electron chi connectivity index (χ4n) is 1.26. The number of aromatic hydroxyl groups is 1. The number of aliphatic hydroxyl groups is 1. The summed E-state index contributed by atoms with van der Waals surface area (Å²) in [6.07, 6.45) is 0.470. The molecule has 1 heterocycles. The van der Waals surface area contributed by atoms with Gasteiger partial charge in [0.15, 0.2) is 5.58 Å². The number of nitrogens with zero attached hydrogens (tertiary/aromatic N) is 1. The normalized spacial score (nSPS) is 10.8. The van der Waals surface area contributed by atoms with E-state index in [2.05, 4.69) is 5.16 Å². The van der Waals surface area contributed by atoms with Crippen molar-refractivity contribution in [3.8, 4) is 5.75 Å². The SMILES string of the molecule is OCCc1noc2cc(O)ccc12. The van der Waals surface area contributed by atoms with Crippen molar-refractivity contribution in [1.82, 2.24) is 5.16 Å². The molecule has 2 rings (SSSR count). The van der Waals surface area contributed by atoms with Crippen molar-refractivity contribution < 1.29 is 14.7 Å². The van der Waals surface area contributed by atoms with Crippen LogP contribution in [0.15, 0.2) is 22.7 Å². The highest BCUT2D eigenvalue weighted by atomic mass is 16.5. The molecular weight excluding hydrogens is 170 g/mol. The van der Waals surface area contributed by atoms with E-state index in [9.17, 15) is 0 Å². The van der Waals surface area contributed by atoms with Gasteiger partial charge in [-0.15, -0.1) is 0 Å². The first-order chi connectivity index (χ1) is 6.31. The molecule has 0 saturated heterocycles. The van der Waals surface area contributed by atoms with E-state index >= 15 is 0 Å². The number of fused-ring (bicyclic) bond motifs is 1. The third-order valence-corrected chi connectivity index (χ3v) is 1.88. The second kappa shape index (κ2) is 3.06. The van der Waals surface area contributed by atoms with Gasteiger partial charge in [-0.25, -0.2) is 0 Å². The first kappa shape index (κ1) is 8.07. The fraction of sp³-hybridized carbons (Fsp3) is 0.222. The molecule has 0 spiro atoms. The summed E-state index contributed by atoms with van der Waals surface area (Å²) in [6, 6.07) is 4.80. The highest BCUT2D eigenvalue weighted by Gasteiger charge is 2.07. The molecule has 0 aliphatic carbocycles. The third kappa shape index (κ3) is 1.36. The average molecular weight is 179 g/mol. The number of benzene rings is 1. The first-order valence-corrected chi connectivity index (χ1v) is 3.99. The molecule has 0 bridgehead atoms. The van der Waals surface area contributed by atoms with Gasteiger partial charge < -0.3 is 14.7 Å². The number of rotatable bonds is 2. The summed E-state index contributed by atoms with van der Waals surface area (Å²) < 4.78 is 4.96. The second-order valence-corrected chi connectivity index (χ2v) is 2.78. The quantitative estimate of drug-likeness (QED) is 0.723. The molecule has 68 valence electrons. The Kier molecular flexibility index (Phi) is 1.90. The topological polar surface area (TPSA) is 66.5 Å². The van der Waals surface area contributed by atoms with Gasteiger partial charge in [0.05, 0.1) is 5.69 Å². The molecule has 0 amide bonds. The van der Waals surface area contributed by atoms with E-state index in [1.165, 1.54) is 6.07 Å². The van der Waals surface area contributed by atoms with E-state index in [-0.39, 0.29) is 12.4 Å². The van der Waals surface area contributed by atoms with E-state index in [0.29, 0.717) is 12.0 Å². The number of phenols is 1. The first-order valence-electron chi connectivity index (χ1n) is 3.99. The molecule has 0 aliphatic rings. The largest absolute Gasteiger partial charge is 0.508 e. The standard InChI is InChI=1S/C9H9NO3/c11-4-3-8-7-2-1-6(12)5-9(7)13-10-8/h1-2,5,11-12H,3-4H2. The van der Waals surface area contributed by atoms with Crippen LogP contribution in [-0.2, 0) is 6.42 Å². The predicted molar refractivity (Wildman–Crippen MR) is 46.5 cm³/mol. The van der Waals surface area contributed by atoms with Gasteiger partial charge in [0, 0.05) is 24.5 Å². The molecule has 4 heteroatoms. The number of aromatic nitrogens is 1. The molecule has 2 N–H and O–H groups in total. The summed E-state index contributed by atoms with van der Waals surface area (Å²) in [7, 11) is 0. The zero-order valence-electron chi connectivity index (χ0n) is 6.90. The number of phenolic OH excluding ortho intramolecular Hbond substituents is 1.